The van der Waals surface area contributed by atoms with Crippen molar-refractivity contribution in [2.75, 3.05) is 24.2 Å². The van der Waals surface area contributed by atoms with Crippen molar-refractivity contribution in [3.63, 3.8) is 0 Å². The van der Waals surface area contributed by atoms with E-state index in [4.69, 9.17) is 20.6 Å². The van der Waals surface area contributed by atoms with Gasteiger partial charge in [0.25, 0.3) is 5.91 Å². The molecule has 1 aromatic carbocycles. The monoisotopic (exact) mass is 437 g/mol. The first kappa shape index (κ1) is 20.8. The standard InChI is InChI=1S/C22H23N5O3S/c1-13-8-9-15(30-13)18-16-17(23)19(20(24)28)31-21(16)27-22(26-18)25-10-5-11-29-12-14-6-3-2-4-7-14/h2-4,6-9H,5,10-12,23H2,1H3,(H2,24,28)(H,25,26,27). The summed E-state index contributed by atoms with van der Waals surface area (Å²) in [5.41, 5.74) is 13.6. The van der Waals surface area contributed by atoms with Gasteiger partial charge in [-0.05, 0) is 31.0 Å². The molecule has 0 atom stereocenters. The van der Waals surface area contributed by atoms with Gasteiger partial charge in [0, 0.05) is 13.2 Å². The summed E-state index contributed by atoms with van der Waals surface area (Å²) in [5, 5.41) is 3.79. The number of hydrogen-bond acceptors (Lipinski definition) is 8. The maximum absolute atomic E-state index is 11.8. The van der Waals surface area contributed by atoms with E-state index in [1.54, 1.807) is 0 Å². The third kappa shape index (κ3) is 4.68. The van der Waals surface area contributed by atoms with Crippen molar-refractivity contribution in [1.82, 2.24) is 9.97 Å². The number of hydrogen-bond donors (Lipinski definition) is 3. The molecule has 4 aromatic rings. The van der Waals surface area contributed by atoms with Gasteiger partial charge in [0.15, 0.2) is 5.76 Å². The molecule has 3 aromatic heterocycles. The highest BCUT2D eigenvalue weighted by molar-refractivity contribution is 7.21. The fraction of sp³-hybridized carbons (Fsp3) is 0.227. The SMILES string of the molecule is Cc1ccc(-c2nc(NCCCOCc3ccccc3)nc3sc(C(N)=O)c(N)c23)o1. The van der Waals surface area contributed by atoms with Gasteiger partial charge in [-0.1, -0.05) is 30.3 Å². The molecule has 0 saturated heterocycles. The summed E-state index contributed by atoms with van der Waals surface area (Å²) in [4.78, 5) is 21.7. The maximum atomic E-state index is 11.8. The summed E-state index contributed by atoms with van der Waals surface area (Å²) in [5.74, 6) is 1.14. The van der Waals surface area contributed by atoms with Gasteiger partial charge in [0.05, 0.1) is 17.7 Å². The largest absolute Gasteiger partial charge is 0.460 e. The Morgan fingerprint density at radius 2 is 2.00 bits per heavy atom. The van der Waals surface area contributed by atoms with E-state index in [1.165, 1.54) is 0 Å². The molecular weight excluding hydrogens is 414 g/mol. The van der Waals surface area contributed by atoms with Crippen LogP contribution in [0.15, 0.2) is 46.9 Å². The van der Waals surface area contributed by atoms with Crippen molar-refractivity contribution in [2.45, 2.75) is 20.0 Å². The van der Waals surface area contributed by atoms with Crippen molar-refractivity contribution in [1.29, 1.82) is 0 Å². The second-order valence-electron chi connectivity index (χ2n) is 7.01. The van der Waals surface area contributed by atoms with Crippen LogP contribution in [0, 0.1) is 6.92 Å². The van der Waals surface area contributed by atoms with Crippen LogP contribution in [0.1, 0.15) is 27.4 Å². The maximum Gasteiger partial charge on any atom is 0.260 e. The molecule has 0 aliphatic rings. The Balaban J connectivity index is 1.48. The number of benzene rings is 1. The Hall–Kier alpha value is -3.43. The Kier molecular flexibility index (Phi) is 6.15. The molecule has 0 spiro atoms. The third-order valence-corrected chi connectivity index (χ3v) is 5.76. The first-order valence-electron chi connectivity index (χ1n) is 9.85. The fourth-order valence-electron chi connectivity index (χ4n) is 3.16. The van der Waals surface area contributed by atoms with Gasteiger partial charge in [-0.3, -0.25) is 4.79 Å². The summed E-state index contributed by atoms with van der Waals surface area (Å²) in [6.45, 7) is 3.66. The number of carbonyl (C=O) groups is 1. The molecule has 3 heterocycles. The van der Waals surface area contributed by atoms with Gasteiger partial charge in [0.1, 0.15) is 21.2 Å². The number of anilines is 2. The lowest BCUT2D eigenvalue weighted by Crippen LogP contribution is -2.10. The van der Waals surface area contributed by atoms with E-state index in [1.807, 2.05) is 49.4 Å². The van der Waals surface area contributed by atoms with Crippen LogP contribution in [-0.2, 0) is 11.3 Å². The van der Waals surface area contributed by atoms with Crippen molar-refractivity contribution in [2.24, 2.45) is 5.73 Å². The fourth-order valence-corrected chi connectivity index (χ4v) is 4.11. The highest BCUT2D eigenvalue weighted by Crippen LogP contribution is 2.39. The van der Waals surface area contributed by atoms with Gasteiger partial charge in [-0.25, -0.2) is 9.97 Å². The first-order valence-corrected chi connectivity index (χ1v) is 10.7. The molecule has 0 unspecified atom stereocenters. The number of nitrogens with two attached hydrogens (primary N) is 2. The summed E-state index contributed by atoms with van der Waals surface area (Å²) in [6.07, 6.45) is 0.780. The van der Waals surface area contributed by atoms with Crippen LogP contribution in [0.25, 0.3) is 21.7 Å². The van der Waals surface area contributed by atoms with Gasteiger partial charge >= 0.3 is 0 Å². The Labute approximate surface area is 183 Å². The zero-order chi connectivity index (χ0) is 21.8. The number of amides is 1. The minimum absolute atomic E-state index is 0.264. The number of aryl methyl sites for hydroxylation is 1. The predicted octanol–water partition coefficient (Wildman–Crippen LogP) is 3.96. The Bertz CT molecular complexity index is 1200. The van der Waals surface area contributed by atoms with Crippen LogP contribution in [0.5, 0.6) is 0 Å². The molecule has 0 aliphatic heterocycles. The number of furan rings is 1. The van der Waals surface area contributed by atoms with Crippen LogP contribution < -0.4 is 16.8 Å². The van der Waals surface area contributed by atoms with Crippen LogP contribution >= 0.6 is 11.3 Å². The molecule has 0 aliphatic carbocycles. The third-order valence-electron chi connectivity index (χ3n) is 4.65. The van der Waals surface area contributed by atoms with Gasteiger partial charge < -0.3 is 25.9 Å². The van der Waals surface area contributed by atoms with Gasteiger partial charge in [-0.2, -0.15) is 0 Å². The number of thiophene rings is 1. The number of nitrogens with zero attached hydrogens (tertiary/aromatic N) is 2. The van der Waals surface area contributed by atoms with Crippen molar-refractivity contribution >= 4 is 39.1 Å². The number of carbonyl (C=O) groups excluding carboxylic acids is 1. The summed E-state index contributed by atoms with van der Waals surface area (Å²) in [7, 11) is 0. The van der Waals surface area contributed by atoms with E-state index >= 15 is 0 Å². The van der Waals surface area contributed by atoms with Crippen LogP contribution in [0.4, 0.5) is 11.6 Å². The molecule has 5 N–H and O–H groups in total. The average Bonchev–Trinajstić information content (AvgIpc) is 3.34. The smallest absolute Gasteiger partial charge is 0.260 e. The number of ether oxygens (including phenoxy) is 1. The number of aromatic nitrogens is 2. The van der Waals surface area contributed by atoms with E-state index < -0.39 is 5.91 Å². The van der Waals surface area contributed by atoms with Crippen LogP contribution in [-0.4, -0.2) is 29.0 Å². The normalized spacial score (nSPS) is 11.1. The number of nitrogen functional groups attached to an aromatic ring is 1. The van der Waals surface area contributed by atoms with Crippen molar-refractivity contribution in [3.8, 4) is 11.5 Å². The minimum atomic E-state index is -0.591. The molecule has 0 radical (unpaired) electrons. The van der Waals surface area contributed by atoms with Crippen LogP contribution in [0.2, 0.25) is 0 Å². The quantitative estimate of drug-likeness (QED) is 0.338. The molecule has 31 heavy (non-hydrogen) atoms. The molecule has 0 bridgehead atoms. The number of primary amides is 1. The molecule has 160 valence electrons. The predicted molar refractivity (Wildman–Crippen MR) is 122 cm³/mol. The molecule has 4 rings (SSSR count). The Morgan fingerprint density at radius 1 is 1.19 bits per heavy atom. The topological polar surface area (TPSA) is 129 Å². The van der Waals surface area contributed by atoms with Gasteiger partial charge in [0.2, 0.25) is 5.95 Å². The number of nitrogens with one attached hydrogen (secondary N) is 1. The molecule has 8 nitrogen and oxygen atoms in total. The zero-order valence-corrected chi connectivity index (χ0v) is 17.9. The van der Waals surface area contributed by atoms with E-state index in [0.717, 1.165) is 29.1 Å². The van der Waals surface area contributed by atoms with Crippen molar-refractivity contribution < 1.29 is 13.9 Å². The highest BCUT2D eigenvalue weighted by Gasteiger charge is 2.22. The lowest BCUT2D eigenvalue weighted by atomic mass is 10.2. The second kappa shape index (κ2) is 9.15. The molecule has 9 heteroatoms. The summed E-state index contributed by atoms with van der Waals surface area (Å²) >= 11 is 1.15. The second-order valence-corrected chi connectivity index (χ2v) is 8.01. The van der Waals surface area contributed by atoms with E-state index in [2.05, 4.69) is 15.3 Å². The average molecular weight is 438 g/mol. The summed E-state index contributed by atoms with van der Waals surface area (Å²) < 4.78 is 11.5. The van der Waals surface area contributed by atoms with E-state index in [9.17, 15) is 4.79 Å². The van der Waals surface area contributed by atoms with Gasteiger partial charge in [-0.15, -0.1) is 11.3 Å². The highest BCUT2D eigenvalue weighted by atomic mass is 32.1. The Morgan fingerprint density at radius 3 is 2.71 bits per heavy atom. The molecular formula is C22H23N5O3S. The van der Waals surface area contributed by atoms with E-state index in [0.29, 0.717) is 47.4 Å². The lowest BCUT2D eigenvalue weighted by Gasteiger charge is -2.08. The molecule has 0 saturated carbocycles. The number of rotatable bonds is 9. The zero-order valence-electron chi connectivity index (χ0n) is 17.1. The molecule has 0 fully saturated rings. The van der Waals surface area contributed by atoms with E-state index in [-0.39, 0.29) is 10.6 Å². The molecule has 1 amide bonds. The van der Waals surface area contributed by atoms with Crippen molar-refractivity contribution in [3.05, 3.63) is 58.7 Å². The summed E-state index contributed by atoms with van der Waals surface area (Å²) in [6, 6.07) is 13.7. The lowest BCUT2D eigenvalue weighted by molar-refractivity contribution is 0.100. The first-order chi connectivity index (χ1) is 15.0. The number of fused-ring (bicyclic) bond motifs is 1. The van der Waals surface area contributed by atoms with Crippen LogP contribution in [0.3, 0.4) is 0 Å². The minimum Gasteiger partial charge on any atom is -0.460 e.